The molecule has 2 aliphatic rings. The number of carbonyl (C=O) groups is 1. The van der Waals surface area contributed by atoms with Gasteiger partial charge in [-0.2, -0.15) is 5.10 Å². The number of hydrogen-bond donors (Lipinski definition) is 2. The van der Waals surface area contributed by atoms with Gasteiger partial charge >= 0.3 is 0 Å². The Morgan fingerprint density at radius 2 is 2.04 bits per heavy atom. The molecule has 1 atom stereocenters. The van der Waals surface area contributed by atoms with Gasteiger partial charge in [-0.15, -0.1) is 0 Å². The van der Waals surface area contributed by atoms with Crippen molar-refractivity contribution in [1.29, 1.82) is 0 Å². The fraction of sp³-hybridized carbons (Fsp3) is 0.286. The van der Waals surface area contributed by atoms with E-state index in [2.05, 4.69) is 20.8 Å². The first-order valence-corrected chi connectivity index (χ1v) is 10.3. The lowest BCUT2D eigenvalue weighted by molar-refractivity contribution is 0.102. The van der Waals surface area contributed by atoms with Gasteiger partial charge in [-0.1, -0.05) is 42.1 Å². The molecule has 7 heteroatoms. The van der Waals surface area contributed by atoms with Crippen LogP contribution in [0.1, 0.15) is 28.8 Å². The van der Waals surface area contributed by atoms with Gasteiger partial charge in [0.15, 0.2) is 5.17 Å². The minimum atomic E-state index is -0.118. The zero-order chi connectivity index (χ0) is 19.2. The highest BCUT2D eigenvalue weighted by Crippen LogP contribution is 2.18. The lowest BCUT2D eigenvalue weighted by Gasteiger charge is -2.16. The van der Waals surface area contributed by atoms with Crippen LogP contribution in [0, 0.1) is 0 Å². The Morgan fingerprint density at radius 1 is 1.21 bits per heavy atom. The van der Waals surface area contributed by atoms with Crippen molar-refractivity contribution in [3.63, 3.8) is 0 Å². The fourth-order valence-corrected chi connectivity index (χ4v) is 3.84. The molecule has 0 aliphatic carbocycles. The predicted octanol–water partition coefficient (Wildman–Crippen LogP) is 3.51. The molecule has 6 nitrogen and oxygen atoms in total. The lowest BCUT2D eigenvalue weighted by atomic mass is 10.1. The van der Waals surface area contributed by atoms with Gasteiger partial charge in [0.25, 0.3) is 5.91 Å². The Morgan fingerprint density at radius 3 is 2.71 bits per heavy atom. The molecule has 1 amide bonds. The second-order valence-electron chi connectivity index (χ2n) is 6.64. The summed E-state index contributed by atoms with van der Waals surface area (Å²) < 4.78 is 5.59. The molecule has 1 saturated heterocycles. The number of thioether (sulfide) groups is 1. The van der Waals surface area contributed by atoms with E-state index in [0.29, 0.717) is 12.1 Å². The predicted molar refractivity (Wildman–Crippen MR) is 114 cm³/mol. The quantitative estimate of drug-likeness (QED) is 0.814. The first-order valence-electron chi connectivity index (χ1n) is 9.36. The summed E-state index contributed by atoms with van der Waals surface area (Å²) in [6.45, 7) is 1.54. The van der Waals surface area contributed by atoms with Crippen LogP contribution in [0.3, 0.4) is 0 Å². The highest BCUT2D eigenvalue weighted by atomic mass is 32.2. The van der Waals surface area contributed by atoms with Crippen LogP contribution in [0.25, 0.3) is 0 Å². The van der Waals surface area contributed by atoms with Crippen LogP contribution in [-0.4, -0.2) is 41.8 Å². The fourth-order valence-electron chi connectivity index (χ4n) is 3.06. The highest BCUT2D eigenvalue weighted by molar-refractivity contribution is 8.14. The van der Waals surface area contributed by atoms with E-state index < -0.39 is 0 Å². The Kier molecular flexibility index (Phi) is 6.04. The van der Waals surface area contributed by atoms with Crippen molar-refractivity contribution in [2.45, 2.75) is 18.9 Å². The van der Waals surface area contributed by atoms with Gasteiger partial charge < -0.3 is 10.1 Å². The Labute approximate surface area is 168 Å². The largest absolute Gasteiger partial charge is 0.376 e. The maximum atomic E-state index is 12.2. The molecular weight excluding hydrogens is 372 g/mol. The van der Waals surface area contributed by atoms with Gasteiger partial charge in [0.05, 0.1) is 18.4 Å². The molecule has 28 heavy (non-hydrogen) atoms. The van der Waals surface area contributed by atoms with Gasteiger partial charge in [-0.3, -0.25) is 15.2 Å². The van der Waals surface area contributed by atoms with Gasteiger partial charge in [0.2, 0.25) is 0 Å². The minimum Gasteiger partial charge on any atom is -0.376 e. The molecule has 2 N–H and O–H groups in total. The number of hydrazone groups is 1. The third-order valence-corrected chi connectivity index (χ3v) is 5.52. The lowest BCUT2D eigenvalue weighted by Crippen LogP contribution is -2.26. The smallest absolute Gasteiger partial charge is 0.255 e. The number of benzene rings is 2. The first kappa shape index (κ1) is 18.7. The van der Waals surface area contributed by atoms with Gasteiger partial charge in [0.1, 0.15) is 0 Å². The summed E-state index contributed by atoms with van der Waals surface area (Å²) in [5.74, 6) is 0.639. The molecule has 4 rings (SSSR count). The van der Waals surface area contributed by atoms with Crippen LogP contribution in [0.4, 0.5) is 5.69 Å². The topological polar surface area (TPSA) is 75.1 Å². The van der Waals surface area contributed by atoms with Crippen molar-refractivity contribution < 1.29 is 9.53 Å². The molecule has 1 fully saturated rings. The molecule has 0 spiro atoms. The average molecular weight is 395 g/mol. The molecular formula is C21H22N4O2S. The normalized spacial score (nSPS) is 20.5. The van der Waals surface area contributed by atoms with Crippen molar-refractivity contribution >= 4 is 34.2 Å². The number of hydrogen-bond acceptors (Lipinski definition) is 5. The summed E-state index contributed by atoms with van der Waals surface area (Å²) in [5, 5.41) is 8.20. The van der Waals surface area contributed by atoms with Gasteiger partial charge in [-0.25, -0.2) is 0 Å². The molecule has 0 unspecified atom stereocenters. The number of amidine groups is 1. The number of rotatable bonds is 5. The van der Waals surface area contributed by atoms with E-state index in [4.69, 9.17) is 4.74 Å². The highest BCUT2D eigenvalue weighted by Gasteiger charge is 2.17. The second-order valence-corrected chi connectivity index (χ2v) is 7.60. The van der Waals surface area contributed by atoms with Crippen molar-refractivity contribution in [3.05, 3.63) is 65.7 Å². The third kappa shape index (κ3) is 4.79. The standard InChI is InChI=1S/C21H22N4O2S/c26-20(16-5-2-1-3-6-16)23-17-10-8-15(9-11-17)19-14-28-21(25-24-19)22-13-18-7-4-12-27-18/h1-3,5-6,8-11,18H,4,7,12-14H2,(H,22,25)(H,23,26)/t18-/m1/s1. The van der Waals surface area contributed by atoms with E-state index in [0.717, 1.165) is 47.3 Å². The molecule has 0 radical (unpaired) electrons. The Bertz CT molecular complexity index is 875. The van der Waals surface area contributed by atoms with Crippen molar-refractivity contribution in [2.75, 3.05) is 24.2 Å². The molecule has 2 aromatic carbocycles. The van der Waals surface area contributed by atoms with Crippen LogP contribution in [-0.2, 0) is 4.74 Å². The molecule has 2 aromatic rings. The summed E-state index contributed by atoms with van der Waals surface area (Å²) in [6.07, 6.45) is 2.46. The Hall–Kier alpha value is -2.64. The van der Waals surface area contributed by atoms with E-state index in [1.807, 2.05) is 42.5 Å². The number of aliphatic imine (C=N–C) groups is 1. The van der Waals surface area contributed by atoms with Crippen LogP contribution < -0.4 is 10.7 Å². The molecule has 2 heterocycles. The second kappa shape index (κ2) is 9.03. The Balaban J connectivity index is 1.34. The molecule has 0 saturated carbocycles. The van der Waals surface area contributed by atoms with Crippen LogP contribution >= 0.6 is 11.8 Å². The van der Waals surface area contributed by atoms with Crippen molar-refractivity contribution in [1.82, 2.24) is 5.43 Å². The zero-order valence-electron chi connectivity index (χ0n) is 15.4. The summed E-state index contributed by atoms with van der Waals surface area (Å²) in [5.41, 5.74) is 6.42. The van der Waals surface area contributed by atoms with Crippen molar-refractivity contribution in [3.8, 4) is 0 Å². The summed E-state index contributed by atoms with van der Waals surface area (Å²) >= 11 is 1.64. The summed E-state index contributed by atoms with van der Waals surface area (Å²) in [4.78, 5) is 16.8. The third-order valence-electron chi connectivity index (χ3n) is 4.61. The first-order chi connectivity index (χ1) is 13.8. The SMILES string of the molecule is O=C(Nc1ccc(C2=NNC(=NC[C@H]3CCCO3)SC2)cc1)c1ccccc1. The van der Waals surface area contributed by atoms with Crippen LogP contribution in [0.15, 0.2) is 64.7 Å². The molecule has 2 aliphatic heterocycles. The average Bonchev–Trinajstić information content (AvgIpc) is 3.28. The van der Waals surface area contributed by atoms with E-state index >= 15 is 0 Å². The van der Waals surface area contributed by atoms with Crippen LogP contribution in [0.5, 0.6) is 0 Å². The van der Waals surface area contributed by atoms with Crippen LogP contribution in [0.2, 0.25) is 0 Å². The number of carbonyl (C=O) groups excluding carboxylic acids is 1. The molecule has 0 bridgehead atoms. The zero-order valence-corrected chi connectivity index (χ0v) is 16.2. The van der Waals surface area contributed by atoms with Gasteiger partial charge in [-0.05, 0) is 42.7 Å². The minimum absolute atomic E-state index is 0.118. The molecule has 0 aromatic heterocycles. The van der Waals surface area contributed by atoms with E-state index in [1.54, 1.807) is 23.9 Å². The van der Waals surface area contributed by atoms with Crippen molar-refractivity contribution in [2.24, 2.45) is 10.1 Å². The van der Waals surface area contributed by atoms with E-state index in [9.17, 15) is 4.79 Å². The maximum Gasteiger partial charge on any atom is 0.255 e. The number of amides is 1. The van der Waals surface area contributed by atoms with E-state index in [1.165, 1.54) is 0 Å². The van der Waals surface area contributed by atoms with Gasteiger partial charge in [0, 0.05) is 23.6 Å². The summed E-state index contributed by atoms with van der Waals surface area (Å²) in [7, 11) is 0. The monoisotopic (exact) mass is 394 g/mol. The maximum absolute atomic E-state index is 12.2. The number of anilines is 1. The van der Waals surface area contributed by atoms with E-state index in [-0.39, 0.29) is 12.0 Å². The molecule has 144 valence electrons. The number of nitrogens with one attached hydrogen (secondary N) is 2. The summed E-state index contributed by atoms with van der Waals surface area (Å²) in [6, 6.07) is 16.9. The number of ether oxygens (including phenoxy) is 1. The number of nitrogens with zero attached hydrogens (tertiary/aromatic N) is 2.